The molecule has 3 heterocycles. The number of furan rings is 1. The average molecular weight is 286 g/mol. The Bertz CT molecular complexity index is 619. The highest BCUT2D eigenvalue weighted by molar-refractivity contribution is 5.94. The first-order valence-electron chi connectivity index (χ1n) is 7.13. The van der Waals surface area contributed by atoms with Crippen LogP contribution in [0.4, 0.5) is 5.95 Å². The fourth-order valence-electron chi connectivity index (χ4n) is 2.42. The zero-order valence-corrected chi connectivity index (χ0v) is 12.0. The van der Waals surface area contributed by atoms with Gasteiger partial charge in [0.05, 0.1) is 24.1 Å². The summed E-state index contributed by atoms with van der Waals surface area (Å²) in [5, 5.41) is 2.80. The molecule has 0 unspecified atom stereocenters. The Kier molecular flexibility index (Phi) is 3.85. The van der Waals surface area contributed by atoms with Gasteiger partial charge in [-0.05, 0) is 31.9 Å². The van der Waals surface area contributed by atoms with Gasteiger partial charge >= 0.3 is 0 Å². The van der Waals surface area contributed by atoms with Crippen molar-refractivity contribution in [1.29, 1.82) is 0 Å². The Morgan fingerprint density at radius 2 is 2.24 bits per heavy atom. The third kappa shape index (κ3) is 3.04. The average Bonchev–Trinajstić information content (AvgIpc) is 3.18. The Hall–Kier alpha value is -2.37. The molecule has 1 saturated heterocycles. The van der Waals surface area contributed by atoms with Crippen LogP contribution in [0.15, 0.2) is 29.0 Å². The minimum absolute atomic E-state index is 0.183. The largest absolute Gasteiger partial charge is 0.467 e. The zero-order chi connectivity index (χ0) is 14.7. The molecule has 2 aromatic rings. The Labute approximate surface area is 123 Å². The molecule has 1 amide bonds. The summed E-state index contributed by atoms with van der Waals surface area (Å²) in [7, 11) is 0. The molecule has 2 aromatic heterocycles. The summed E-state index contributed by atoms with van der Waals surface area (Å²) in [5.74, 6) is 1.25. The van der Waals surface area contributed by atoms with Gasteiger partial charge in [0, 0.05) is 19.3 Å². The van der Waals surface area contributed by atoms with Gasteiger partial charge in [0.15, 0.2) is 0 Å². The van der Waals surface area contributed by atoms with Crippen LogP contribution in [0.1, 0.15) is 34.7 Å². The van der Waals surface area contributed by atoms with Crippen LogP contribution in [0.2, 0.25) is 0 Å². The highest BCUT2D eigenvalue weighted by atomic mass is 16.3. The molecule has 0 spiro atoms. The molecule has 6 nitrogen and oxygen atoms in total. The molecule has 0 atom stereocenters. The second kappa shape index (κ2) is 5.95. The lowest BCUT2D eigenvalue weighted by atomic mass is 10.2. The van der Waals surface area contributed by atoms with Gasteiger partial charge in [0.25, 0.3) is 5.91 Å². The molecule has 1 N–H and O–H groups in total. The van der Waals surface area contributed by atoms with E-state index >= 15 is 0 Å². The van der Waals surface area contributed by atoms with Crippen LogP contribution < -0.4 is 10.2 Å². The van der Waals surface area contributed by atoms with Crippen molar-refractivity contribution in [2.45, 2.75) is 26.3 Å². The number of hydrogen-bond donors (Lipinski definition) is 1. The number of carbonyl (C=O) groups excluding carboxylic acids is 1. The van der Waals surface area contributed by atoms with Crippen molar-refractivity contribution in [3.05, 3.63) is 41.6 Å². The summed E-state index contributed by atoms with van der Waals surface area (Å²) in [4.78, 5) is 23.1. The molecular formula is C15H18N4O2. The predicted octanol–water partition coefficient (Wildman–Crippen LogP) is 1.91. The van der Waals surface area contributed by atoms with Crippen molar-refractivity contribution in [2.75, 3.05) is 18.0 Å². The number of nitrogens with zero attached hydrogens (tertiary/aromatic N) is 3. The van der Waals surface area contributed by atoms with Gasteiger partial charge in [0.2, 0.25) is 5.95 Å². The monoisotopic (exact) mass is 286 g/mol. The maximum Gasteiger partial charge on any atom is 0.255 e. The molecule has 1 fully saturated rings. The van der Waals surface area contributed by atoms with E-state index in [1.165, 1.54) is 12.8 Å². The molecular weight excluding hydrogens is 268 g/mol. The lowest BCUT2D eigenvalue weighted by Crippen LogP contribution is -2.26. The third-order valence-electron chi connectivity index (χ3n) is 3.60. The van der Waals surface area contributed by atoms with Gasteiger partial charge in [-0.3, -0.25) is 4.79 Å². The summed E-state index contributed by atoms with van der Waals surface area (Å²) >= 11 is 0. The standard InChI is InChI=1S/C15H18N4O2/c1-11-13(14(20)16-9-12-5-4-8-21-12)10-17-15(18-11)19-6-2-3-7-19/h4-5,8,10H,2-3,6-7,9H2,1H3,(H,16,20). The fourth-order valence-corrected chi connectivity index (χ4v) is 2.42. The van der Waals surface area contributed by atoms with Crippen molar-refractivity contribution >= 4 is 11.9 Å². The number of anilines is 1. The summed E-state index contributed by atoms with van der Waals surface area (Å²) in [6, 6.07) is 3.61. The van der Waals surface area contributed by atoms with E-state index in [-0.39, 0.29) is 5.91 Å². The molecule has 0 bridgehead atoms. The van der Waals surface area contributed by atoms with Crippen LogP contribution in [0.25, 0.3) is 0 Å². The minimum Gasteiger partial charge on any atom is -0.467 e. The summed E-state index contributed by atoms with van der Waals surface area (Å²) < 4.78 is 5.18. The van der Waals surface area contributed by atoms with Gasteiger partial charge in [-0.1, -0.05) is 0 Å². The molecule has 110 valence electrons. The molecule has 0 saturated carbocycles. The second-order valence-electron chi connectivity index (χ2n) is 5.13. The number of aryl methyl sites for hydroxylation is 1. The fraction of sp³-hybridized carbons (Fsp3) is 0.400. The van der Waals surface area contributed by atoms with Gasteiger partial charge in [-0.15, -0.1) is 0 Å². The Morgan fingerprint density at radius 1 is 1.43 bits per heavy atom. The molecule has 21 heavy (non-hydrogen) atoms. The summed E-state index contributed by atoms with van der Waals surface area (Å²) in [5.41, 5.74) is 1.20. The van der Waals surface area contributed by atoms with E-state index in [2.05, 4.69) is 20.2 Å². The highest BCUT2D eigenvalue weighted by Gasteiger charge is 2.17. The number of hydrogen-bond acceptors (Lipinski definition) is 5. The molecule has 3 rings (SSSR count). The van der Waals surface area contributed by atoms with Gasteiger partial charge < -0.3 is 14.6 Å². The number of nitrogens with one attached hydrogen (secondary N) is 1. The van der Waals surface area contributed by atoms with E-state index in [0.717, 1.165) is 18.8 Å². The second-order valence-corrected chi connectivity index (χ2v) is 5.13. The predicted molar refractivity (Wildman–Crippen MR) is 78.1 cm³/mol. The van der Waals surface area contributed by atoms with Gasteiger partial charge in [0.1, 0.15) is 5.76 Å². The quantitative estimate of drug-likeness (QED) is 0.929. The maximum absolute atomic E-state index is 12.1. The third-order valence-corrected chi connectivity index (χ3v) is 3.60. The van der Waals surface area contributed by atoms with Crippen molar-refractivity contribution in [2.24, 2.45) is 0 Å². The number of rotatable bonds is 4. The Morgan fingerprint density at radius 3 is 2.90 bits per heavy atom. The van der Waals surface area contributed by atoms with Crippen molar-refractivity contribution in [1.82, 2.24) is 15.3 Å². The normalized spacial score (nSPS) is 14.4. The summed E-state index contributed by atoms with van der Waals surface area (Å²) in [6.07, 6.45) is 5.54. The van der Waals surface area contributed by atoms with Crippen LogP contribution in [0.3, 0.4) is 0 Å². The molecule has 0 radical (unpaired) electrons. The lowest BCUT2D eigenvalue weighted by molar-refractivity contribution is 0.0946. The molecule has 1 aliphatic rings. The molecule has 1 aliphatic heterocycles. The van der Waals surface area contributed by atoms with Gasteiger partial charge in [-0.2, -0.15) is 0 Å². The van der Waals surface area contributed by atoms with Crippen molar-refractivity contribution in [3.63, 3.8) is 0 Å². The first-order valence-corrected chi connectivity index (χ1v) is 7.13. The van der Waals surface area contributed by atoms with Crippen LogP contribution in [0.5, 0.6) is 0 Å². The maximum atomic E-state index is 12.1. The van der Waals surface area contributed by atoms with E-state index < -0.39 is 0 Å². The van der Waals surface area contributed by atoms with Crippen molar-refractivity contribution < 1.29 is 9.21 Å². The first kappa shape index (κ1) is 13.6. The van der Waals surface area contributed by atoms with E-state index in [0.29, 0.717) is 23.8 Å². The van der Waals surface area contributed by atoms with Crippen LogP contribution in [-0.2, 0) is 6.54 Å². The van der Waals surface area contributed by atoms with Crippen LogP contribution in [0, 0.1) is 6.92 Å². The smallest absolute Gasteiger partial charge is 0.255 e. The van der Waals surface area contributed by atoms with Crippen LogP contribution in [-0.4, -0.2) is 29.0 Å². The van der Waals surface area contributed by atoms with E-state index in [4.69, 9.17) is 4.42 Å². The van der Waals surface area contributed by atoms with Gasteiger partial charge in [-0.25, -0.2) is 9.97 Å². The number of amides is 1. The first-order chi connectivity index (χ1) is 10.2. The van der Waals surface area contributed by atoms with Crippen molar-refractivity contribution in [3.8, 4) is 0 Å². The van der Waals surface area contributed by atoms with E-state index in [9.17, 15) is 4.79 Å². The van der Waals surface area contributed by atoms with E-state index in [1.807, 2.05) is 13.0 Å². The topological polar surface area (TPSA) is 71.3 Å². The minimum atomic E-state index is -0.183. The highest BCUT2D eigenvalue weighted by Crippen LogP contribution is 2.16. The molecule has 0 aromatic carbocycles. The number of aromatic nitrogens is 2. The molecule has 6 heteroatoms. The lowest BCUT2D eigenvalue weighted by Gasteiger charge is -2.16. The van der Waals surface area contributed by atoms with Crippen LogP contribution >= 0.6 is 0 Å². The van der Waals surface area contributed by atoms with E-state index in [1.54, 1.807) is 18.5 Å². The SMILES string of the molecule is Cc1nc(N2CCCC2)ncc1C(=O)NCc1ccco1. The molecule has 0 aliphatic carbocycles. The Balaban J connectivity index is 1.68. The number of carbonyl (C=O) groups is 1. The zero-order valence-electron chi connectivity index (χ0n) is 12.0. The summed E-state index contributed by atoms with van der Waals surface area (Å²) in [6.45, 7) is 4.18.